The van der Waals surface area contributed by atoms with E-state index in [0.29, 0.717) is 18.4 Å². The minimum absolute atomic E-state index is 0.0540. The summed E-state index contributed by atoms with van der Waals surface area (Å²) in [6.07, 6.45) is 1.23. The average Bonchev–Trinajstić information content (AvgIpc) is 2.32. The molecule has 1 fully saturated rings. The number of nitrogens with zero attached hydrogens (tertiary/aromatic N) is 1. The first kappa shape index (κ1) is 16.2. The Morgan fingerprint density at radius 2 is 2.05 bits per heavy atom. The summed E-state index contributed by atoms with van der Waals surface area (Å²) in [4.78, 5) is 10.0. The summed E-state index contributed by atoms with van der Waals surface area (Å²) in [5.41, 5.74) is -0.0632. The molecule has 7 nitrogen and oxygen atoms in total. The van der Waals surface area contributed by atoms with E-state index in [9.17, 15) is 18.5 Å². The standard InChI is InChI=1S/C12H15ClN2O5S/c1-7-3-10(13)11(15(16)17)6-12(7)21(18,19)14-8-4-9(5-8)20-2/h3,6,8-9,14H,4-5H2,1-2H3. The molecule has 0 spiro atoms. The summed E-state index contributed by atoms with van der Waals surface area (Å²) in [5, 5.41) is 10.8. The van der Waals surface area contributed by atoms with Gasteiger partial charge in [0.1, 0.15) is 5.02 Å². The van der Waals surface area contributed by atoms with E-state index in [1.165, 1.54) is 6.07 Å². The van der Waals surface area contributed by atoms with Crippen LogP contribution in [-0.4, -0.2) is 32.6 Å². The van der Waals surface area contributed by atoms with Gasteiger partial charge in [-0.25, -0.2) is 13.1 Å². The van der Waals surface area contributed by atoms with Crippen molar-refractivity contribution in [2.24, 2.45) is 0 Å². The van der Waals surface area contributed by atoms with Crippen LogP contribution in [0.15, 0.2) is 17.0 Å². The Hall–Kier alpha value is -1.22. The molecule has 1 aliphatic carbocycles. The van der Waals surface area contributed by atoms with Crippen molar-refractivity contribution in [1.82, 2.24) is 4.72 Å². The highest BCUT2D eigenvalue weighted by molar-refractivity contribution is 7.89. The predicted molar refractivity (Wildman–Crippen MR) is 77.0 cm³/mol. The number of nitro groups is 1. The molecule has 1 aliphatic rings. The number of aryl methyl sites for hydroxylation is 1. The normalized spacial score (nSPS) is 21.9. The van der Waals surface area contributed by atoms with E-state index < -0.39 is 20.6 Å². The first-order valence-electron chi connectivity index (χ1n) is 6.24. The van der Waals surface area contributed by atoms with Gasteiger partial charge in [0, 0.05) is 19.2 Å². The quantitative estimate of drug-likeness (QED) is 0.656. The van der Waals surface area contributed by atoms with Gasteiger partial charge in [-0.3, -0.25) is 10.1 Å². The number of methoxy groups -OCH3 is 1. The van der Waals surface area contributed by atoms with Crippen molar-refractivity contribution >= 4 is 27.3 Å². The number of halogens is 1. The molecule has 1 aromatic rings. The summed E-state index contributed by atoms with van der Waals surface area (Å²) in [7, 11) is -2.25. The summed E-state index contributed by atoms with van der Waals surface area (Å²) in [6.45, 7) is 1.54. The minimum Gasteiger partial charge on any atom is -0.381 e. The second-order valence-electron chi connectivity index (χ2n) is 4.97. The maximum Gasteiger partial charge on any atom is 0.289 e. The molecular formula is C12H15ClN2O5S. The van der Waals surface area contributed by atoms with Gasteiger partial charge in [-0.05, 0) is 31.4 Å². The van der Waals surface area contributed by atoms with Crippen LogP contribution < -0.4 is 4.72 Å². The van der Waals surface area contributed by atoms with E-state index in [4.69, 9.17) is 16.3 Å². The molecule has 0 heterocycles. The highest BCUT2D eigenvalue weighted by Crippen LogP contribution is 2.31. The van der Waals surface area contributed by atoms with Crippen LogP contribution in [0.4, 0.5) is 5.69 Å². The van der Waals surface area contributed by atoms with Crippen LogP contribution in [0, 0.1) is 17.0 Å². The Bertz CT molecular complexity index is 670. The van der Waals surface area contributed by atoms with Crippen molar-refractivity contribution in [3.8, 4) is 0 Å². The highest BCUT2D eigenvalue weighted by Gasteiger charge is 2.34. The first-order chi connectivity index (χ1) is 9.74. The number of benzene rings is 1. The van der Waals surface area contributed by atoms with Gasteiger partial charge in [0.25, 0.3) is 5.69 Å². The molecule has 1 aromatic carbocycles. The molecule has 0 bridgehead atoms. The molecule has 9 heteroatoms. The highest BCUT2D eigenvalue weighted by atomic mass is 35.5. The van der Waals surface area contributed by atoms with Crippen molar-refractivity contribution in [1.29, 1.82) is 0 Å². The molecule has 1 N–H and O–H groups in total. The zero-order chi connectivity index (χ0) is 15.8. The Morgan fingerprint density at radius 3 is 2.57 bits per heavy atom. The molecule has 0 unspecified atom stereocenters. The summed E-state index contributed by atoms with van der Waals surface area (Å²) in [6, 6.07) is 2.06. The van der Waals surface area contributed by atoms with Gasteiger partial charge >= 0.3 is 0 Å². The maximum atomic E-state index is 12.3. The van der Waals surface area contributed by atoms with Crippen LogP contribution in [0.5, 0.6) is 0 Å². The summed E-state index contributed by atoms with van der Waals surface area (Å²) >= 11 is 5.76. The lowest BCUT2D eigenvalue weighted by molar-refractivity contribution is -0.384. The van der Waals surface area contributed by atoms with E-state index in [2.05, 4.69) is 4.72 Å². The monoisotopic (exact) mass is 334 g/mol. The molecule has 0 saturated heterocycles. The van der Waals surface area contributed by atoms with Crippen molar-refractivity contribution in [2.45, 2.75) is 36.8 Å². The first-order valence-corrected chi connectivity index (χ1v) is 8.10. The van der Waals surface area contributed by atoms with Gasteiger partial charge in [-0.15, -0.1) is 0 Å². The van der Waals surface area contributed by atoms with E-state index in [0.717, 1.165) is 6.07 Å². The van der Waals surface area contributed by atoms with Crippen LogP contribution in [0.1, 0.15) is 18.4 Å². The van der Waals surface area contributed by atoms with Gasteiger partial charge in [0.2, 0.25) is 10.0 Å². The van der Waals surface area contributed by atoms with Crippen LogP contribution in [-0.2, 0) is 14.8 Å². The number of rotatable bonds is 5. The van der Waals surface area contributed by atoms with E-state index >= 15 is 0 Å². The topological polar surface area (TPSA) is 98.5 Å². The third-order valence-electron chi connectivity index (χ3n) is 3.48. The van der Waals surface area contributed by atoms with Gasteiger partial charge in [-0.1, -0.05) is 11.6 Å². The SMILES string of the molecule is COC1CC(NS(=O)(=O)c2cc([N+](=O)[O-])c(Cl)cc2C)C1. The Morgan fingerprint density at radius 1 is 1.43 bits per heavy atom. The lowest BCUT2D eigenvalue weighted by atomic mass is 9.90. The number of sulfonamides is 1. The molecule has 1 saturated carbocycles. The second-order valence-corrected chi connectivity index (χ2v) is 7.06. The van der Waals surface area contributed by atoms with E-state index in [-0.39, 0.29) is 22.1 Å². The molecule has 21 heavy (non-hydrogen) atoms. The largest absolute Gasteiger partial charge is 0.381 e. The molecule has 116 valence electrons. The van der Waals surface area contributed by atoms with Gasteiger partial charge in [-0.2, -0.15) is 0 Å². The van der Waals surface area contributed by atoms with Gasteiger partial charge < -0.3 is 4.74 Å². The molecule has 0 amide bonds. The third-order valence-corrected chi connectivity index (χ3v) is 5.45. The number of hydrogen-bond donors (Lipinski definition) is 1. The lowest BCUT2D eigenvalue weighted by Gasteiger charge is -2.34. The summed E-state index contributed by atoms with van der Waals surface area (Å²) in [5.74, 6) is 0. The van der Waals surface area contributed by atoms with E-state index in [1.807, 2.05) is 0 Å². The predicted octanol–water partition coefficient (Wildman–Crippen LogP) is 2.01. The Kier molecular flexibility index (Phi) is 4.52. The van der Waals surface area contributed by atoms with E-state index in [1.54, 1.807) is 14.0 Å². The number of nitrogens with one attached hydrogen (secondary N) is 1. The van der Waals surface area contributed by atoms with Crippen LogP contribution in [0.25, 0.3) is 0 Å². The number of hydrogen-bond acceptors (Lipinski definition) is 5. The smallest absolute Gasteiger partial charge is 0.289 e. The Balaban J connectivity index is 2.28. The number of nitro benzene ring substituents is 1. The molecular weight excluding hydrogens is 320 g/mol. The van der Waals surface area contributed by atoms with Crippen molar-refractivity contribution in [3.05, 3.63) is 32.8 Å². The van der Waals surface area contributed by atoms with Crippen LogP contribution in [0.3, 0.4) is 0 Å². The Labute approximate surface area is 127 Å². The molecule has 0 atom stereocenters. The van der Waals surface area contributed by atoms with Crippen molar-refractivity contribution in [3.63, 3.8) is 0 Å². The fraction of sp³-hybridized carbons (Fsp3) is 0.500. The average molecular weight is 335 g/mol. The fourth-order valence-electron chi connectivity index (χ4n) is 2.21. The second kappa shape index (κ2) is 5.88. The van der Waals surface area contributed by atoms with Gasteiger partial charge in [0.15, 0.2) is 0 Å². The molecule has 0 aromatic heterocycles. The number of ether oxygens (including phenoxy) is 1. The van der Waals surface area contributed by atoms with Gasteiger partial charge in [0.05, 0.1) is 15.9 Å². The van der Waals surface area contributed by atoms with Crippen LogP contribution in [0.2, 0.25) is 5.02 Å². The fourth-order valence-corrected chi connectivity index (χ4v) is 4.00. The molecule has 0 aliphatic heterocycles. The molecule has 0 radical (unpaired) electrons. The zero-order valence-corrected chi connectivity index (χ0v) is 13.1. The van der Waals surface area contributed by atoms with Crippen molar-refractivity contribution < 1.29 is 18.1 Å². The maximum absolute atomic E-state index is 12.3. The lowest BCUT2D eigenvalue weighted by Crippen LogP contribution is -2.47. The zero-order valence-electron chi connectivity index (χ0n) is 11.5. The molecule has 2 rings (SSSR count). The minimum atomic E-state index is -3.82. The summed E-state index contributed by atoms with van der Waals surface area (Å²) < 4.78 is 32.3. The third kappa shape index (κ3) is 3.34. The van der Waals surface area contributed by atoms with Crippen LogP contribution >= 0.6 is 11.6 Å². The van der Waals surface area contributed by atoms with Crippen molar-refractivity contribution in [2.75, 3.05) is 7.11 Å².